The van der Waals surface area contributed by atoms with Crippen molar-refractivity contribution in [2.75, 3.05) is 12.4 Å². The summed E-state index contributed by atoms with van der Waals surface area (Å²) in [5.41, 5.74) is 1.66. The van der Waals surface area contributed by atoms with Gasteiger partial charge in [0.05, 0.1) is 17.8 Å². The van der Waals surface area contributed by atoms with Crippen LogP contribution in [0.1, 0.15) is 44.3 Å². The highest BCUT2D eigenvalue weighted by atomic mass is 35.5. The Hall–Kier alpha value is -3.38. The second kappa shape index (κ2) is 8.16. The number of fused-ring (bicyclic) bond motifs is 1. The zero-order chi connectivity index (χ0) is 21.3. The number of amides is 1. The number of para-hydroxylation sites is 1. The smallest absolute Gasteiger partial charge is 0.261 e. The lowest BCUT2D eigenvalue weighted by atomic mass is 9.81. The van der Waals surface area contributed by atoms with Gasteiger partial charge in [-0.05, 0) is 48.2 Å². The SMILES string of the molecule is COc1ccc([C@H]2CC(=O)c3cc(C(=O)Nc4ccccc4Cl)c(=O)[nH]c3C2)cc1. The third-order valence-corrected chi connectivity index (χ3v) is 5.59. The Morgan fingerprint density at radius 1 is 1.10 bits per heavy atom. The molecule has 0 aliphatic heterocycles. The van der Waals surface area contributed by atoms with Crippen molar-refractivity contribution < 1.29 is 14.3 Å². The molecule has 3 aromatic rings. The van der Waals surface area contributed by atoms with Crippen LogP contribution in [0.2, 0.25) is 5.02 Å². The van der Waals surface area contributed by atoms with Crippen LogP contribution in [-0.2, 0) is 6.42 Å². The number of aromatic nitrogens is 1. The molecule has 0 spiro atoms. The van der Waals surface area contributed by atoms with Crippen molar-refractivity contribution in [2.45, 2.75) is 18.8 Å². The zero-order valence-corrected chi connectivity index (χ0v) is 17.0. The molecule has 1 aliphatic carbocycles. The average molecular weight is 423 g/mol. The molecule has 0 bridgehead atoms. The van der Waals surface area contributed by atoms with Gasteiger partial charge in [0.25, 0.3) is 11.5 Å². The van der Waals surface area contributed by atoms with Crippen molar-refractivity contribution in [2.24, 2.45) is 0 Å². The molecule has 4 rings (SSSR count). The van der Waals surface area contributed by atoms with E-state index in [4.69, 9.17) is 16.3 Å². The Kier molecular flexibility index (Phi) is 5.42. The summed E-state index contributed by atoms with van der Waals surface area (Å²) in [5, 5.41) is 2.98. The number of aromatic amines is 1. The number of Topliss-reactive ketones (excluding diaryl/α,β-unsaturated/α-hetero) is 1. The number of pyridine rings is 1. The molecule has 0 fully saturated rings. The van der Waals surface area contributed by atoms with Gasteiger partial charge in [0, 0.05) is 17.7 Å². The number of hydrogen-bond donors (Lipinski definition) is 2. The summed E-state index contributed by atoms with van der Waals surface area (Å²) in [5.74, 6) is -0.0319. The van der Waals surface area contributed by atoms with Crippen molar-refractivity contribution >= 4 is 29.0 Å². The molecule has 7 heteroatoms. The molecular formula is C23H19ClN2O4. The first-order valence-electron chi connectivity index (χ1n) is 9.45. The van der Waals surface area contributed by atoms with E-state index < -0.39 is 11.5 Å². The standard InChI is InChI=1S/C23H19ClN2O4/c1-30-15-8-6-13(7-9-15)14-10-20-16(21(27)11-14)12-17(23(29)26-20)22(28)25-19-5-3-2-4-18(19)24/h2-9,12,14H,10-11H2,1H3,(H,25,28)(H,26,29)/t14-/m1/s1. The van der Waals surface area contributed by atoms with E-state index in [9.17, 15) is 14.4 Å². The van der Waals surface area contributed by atoms with Gasteiger partial charge in [-0.2, -0.15) is 0 Å². The average Bonchev–Trinajstić information content (AvgIpc) is 2.74. The fourth-order valence-electron chi connectivity index (χ4n) is 3.66. The number of H-pyrrole nitrogens is 1. The number of carbonyl (C=O) groups excluding carboxylic acids is 2. The molecule has 1 heterocycles. The molecule has 1 amide bonds. The normalized spacial score (nSPS) is 15.4. The molecular weight excluding hydrogens is 404 g/mol. The number of methoxy groups -OCH3 is 1. The molecule has 0 saturated carbocycles. The van der Waals surface area contributed by atoms with Crippen LogP contribution >= 0.6 is 11.6 Å². The summed E-state index contributed by atoms with van der Waals surface area (Å²) in [6.07, 6.45) is 0.812. The van der Waals surface area contributed by atoms with Crippen LogP contribution in [0.3, 0.4) is 0 Å². The first-order chi connectivity index (χ1) is 14.5. The fraction of sp³-hybridized carbons (Fsp3) is 0.174. The summed E-state index contributed by atoms with van der Waals surface area (Å²) in [6, 6.07) is 15.7. The highest BCUT2D eigenvalue weighted by Gasteiger charge is 2.29. The van der Waals surface area contributed by atoms with Crippen molar-refractivity contribution in [3.05, 3.63) is 92.4 Å². The highest BCUT2D eigenvalue weighted by molar-refractivity contribution is 6.33. The van der Waals surface area contributed by atoms with Gasteiger partial charge in [-0.25, -0.2) is 0 Å². The van der Waals surface area contributed by atoms with Crippen LogP contribution in [-0.4, -0.2) is 23.8 Å². The molecule has 1 aromatic heterocycles. The van der Waals surface area contributed by atoms with Gasteiger partial charge >= 0.3 is 0 Å². The summed E-state index contributed by atoms with van der Waals surface area (Å²) in [6.45, 7) is 0. The Balaban J connectivity index is 1.61. The maximum absolute atomic E-state index is 12.8. The van der Waals surface area contributed by atoms with E-state index >= 15 is 0 Å². The number of anilines is 1. The van der Waals surface area contributed by atoms with E-state index in [2.05, 4.69) is 10.3 Å². The molecule has 2 N–H and O–H groups in total. The minimum atomic E-state index is -0.614. The second-order valence-corrected chi connectivity index (χ2v) is 7.55. The summed E-state index contributed by atoms with van der Waals surface area (Å²) >= 11 is 6.06. The number of hydrogen-bond acceptors (Lipinski definition) is 4. The first-order valence-corrected chi connectivity index (χ1v) is 9.83. The van der Waals surface area contributed by atoms with Gasteiger partial charge in [0.1, 0.15) is 11.3 Å². The predicted octanol–water partition coefficient (Wildman–Crippen LogP) is 4.20. The molecule has 0 radical (unpaired) electrons. The van der Waals surface area contributed by atoms with Gasteiger partial charge in [0.2, 0.25) is 0 Å². The van der Waals surface area contributed by atoms with Gasteiger partial charge in [-0.15, -0.1) is 0 Å². The molecule has 6 nitrogen and oxygen atoms in total. The van der Waals surface area contributed by atoms with Crippen LogP contribution in [0.25, 0.3) is 0 Å². The van der Waals surface area contributed by atoms with Gasteiger partial charge < -0.3 is 15.0 Å². The van der Waals surface area contributed by atoms with Crippen LogP contribution in [0.5, 0.6) is 5.75 Å². The third-order valence-electron chi connectivity index (χ3n) is 5.26. The van der Waals surface area contributed by atoms with Crippen LogP contribution in [0.4, 0.5) is 5.69 Å². The molecule has 0 saturated heterocycles. The van der Waals surface area contributed by atoms with Gasteiger partial charge in [-0.1, -0.05) is 35.9 Å². The van der Waals surface area contributed by atoms with Gasteiger partial charge in [0.15, 0.2) is 5.78 Å². The Labute approximate surface area is 177 Å². The monoisotopic (exact) mass is 422 g/mol. The lowest BCUT2D eigenvalue weighted by Crippen LogP contribution is -2.29. The van der Waals surface area contributed by atoms with E-state index in [1.807, 2.05) is 24.3 Å². The number of carbonyl (C=O) groups is 2. The number of benzene rings is 2. The largest absolute Gasteiger partial charge is 0.497 e. The van der Waals surface area contributed by atoms with E-state index in [0.717, 1.165) is 11.3 Å². The van der Waals surface area contributed by atoms with E-state index in [1.165, 1.54) is 6.07 Å². The zero-order valence-electron chi connectivity index (χ0n) is 16.2. The number of ketones is 1. The highest BCUT2D eigenvalue weighted by Crippen LogP contribution is 2.32. The third kappa shape index (κ3) is 3.86. The Morgan fingerprint density at radius 2 is 1.83 bits per heavy atom. The summed E-state index contributed by atoms with van der Waals surface area (Å²) in [4.78, 5) is 40.7. The van der Waals surface area contributed by atoms with Crippen molar-refractivity contribution in [3.8, 4) is 5.75 Å². The molecule has 1 atom stereocenters. The molecule has 152 valence electrons. The minimum absolute atomic E-state index is 0.0469. The number of halogens is 1. The van der Waals surface area contributed by atoms with Crippen molar-refractivity contribution in [1.82, 2.24) is 4.98 Å². The van der Waals surface area contributed by atoms with Crippen molar-refractivity contribution in [3.63, 3.8) is 0 Å². The number of rotatable bonds is 4. The summed E-state index contributed by atoms with van der Waals surface area (Å²) in [7, 11) is 1.60. The first kappa shape index (κ1) is 19.9. The fourth-order valence-corrected chi connectivity index (χ4v) is 3.85. The number of ether oxygens (including phenoxy) is 1. The molecule has 2 aromatic carbocycles. The van der Waals surface area contributed by atoms with E-state index in [-0.39, 0.29) is 17.3 Å². The number of nitrogens with one attached hydrogen (secondary N) is 2. The quantitative estimate of drug-likeness (QED) is 0.659. The molecule has 30 heavy (non-hydrogen) atoms. The van der Waals surface area contributed by atoms with Crippen LogP contribution in [0, 0.1) is 0 Å². The maximum atomic E-state index is 12.8. The topological polar surface area (TPSA) is 88.3 Å². The predicted molar refractivity (Wildman–Crippen MR) is 115 cm³/mol. The molecule has 1 aliphatic rings. The lowest BCUT2D eigenvalue weighted by Gasteiger charge is -2.24. The Morgan fingerprint density at radius 3 is 2.53 bits per heavy atom. The molecule has 0 unspecified atom stereocenters. The second-order valence-electron chi connectivity index (χ2n) is 7.14. The van der Waals surface area contributed by atoms with Crippen LogP contribution < -0.4 is 15.6 Å². The van der Waals surface area contributed by atoms with Gasteiger partial charge in [-0.3, -0.25) is 14.4 Å². The maximum Gasteiger partial charge on any atom is 0.261 e. The Bertz CT molecular complexity index is 1180. The summed E-state index contributed by atoms with van der Waals surface area (Å²) < 4.78 is 5.17. The minimum Gasteiger partial charge on any atom is -0.497 e. The van der Waals surface area contributed by atoms with E-state index in [0.29, 0.717) is 34.8 Å². The van der Waals surface area contributed by atoms with Crippen molar-refractivity contribution in [1.29, 1.82) is 0 Å². The lowest BCUT2D eigenvalue weighted by molar-refractivity contribution is 0.0963. The van der Waals surface area contributed by atoms with Crippen LogP contribution in [0.15, 0.2) is 59.4 Å². The van der Waals surface area contributed by atoms with E-state index in [1.54, 1.807) is 31.4 Å².